The van der Waals surface area contributed by atoms with Crippen molar-refractivity contribution in [1.29, 1.82) is 0 Å². The summed E-state index contributed by atoms with van der Waals surface area (Å²) in [7, 11) is 1.84. The van der Waals surface area contributed by atoms with Crippen LogP contribution in [-0.4, -0.2) is 21.3 Å². The molecule has 0 radical (unpaired) electrons. The monoisotopic (exact) mass is 429 g/mol. The Hall–Kier alpha value is -2.97. The van der Waals surface area contributed by atoms with Gasteiger partial charge in [0.1, 0.15) is 0 Å². The van der Waals surface area contributed by atoms with Crippen LogP contribution < -0.4 is 5.56 Å². The highest BCUT2D eigenvalue weighted by Crippen LogP contribution is 2.29. The fraction of sp³-hybridized carbons (Fsp3) is 0.182. The quantitative estimate of drug-likeness (QED) is 0.444. The highest BCUT2D eigenvalue weighted by molar-refractivity contribution is 7.15. The molecular formula is C22H18F3N3OS. The zero-order valence-corrected chi connectivity index (χ0v) is 16.9. The van der Waals surface area contributed by atoms with Crippen LogP contribution in [0.1, 0.15) is 16.8 Å². The molecule has 0 saturated heterocycles. The lowest BCUT2D eigenvalue weighted by Gasteiger charge is -2.17. The van der Waals surface area contributed by atoms with Crippen molar-refractivity contribution in [2.24, 2.45) is 0 Å². The van der Waals surface area contributed by atoms with Crippen molar-refractivity contribution in [3.63, 3.8) is 0 Å². The molecule has 2 aromatic heterocycles. The summed E-state index contributed by atoms with van der Waals surface area (Å²) in [4.78, 5) is 19.9. The molecule has 0 atom stereocenters. The van der Waals surface area contributed by atoms with Gasteiger partial charge in [-0.05, 0) is 30.3 Å². The Bertz CT molecular complexity index is 1210. The molecule has 30 heavy (non-hydrogen) atoms. The zero-order chi connectivity index (χ0) is 21.3. The van der Waals surface area contributed by atoms with Gasteiger partial charge < -0.3 is 0 Å². The van der Waals surface area contributed by atoms with Gasteiger partial charge in [0.15, 0.2) is 4.96 Å². The van der Waals surface area contributed by atoms with Crippen molar-refractivity contribution >= 4 is 16.3 Å². The normalized spacial score (nSPS) is 12.0. The van der Waals surface area contributed by atoms with E-state index >= 15 is 0 Å². The first-order valence-electron chi connectivity index (χ1n) is 9.21. The van der Waals surface area contributed by atoms with Crippen LogP contribution in [0.2, 0.25) is 0 Å². The maximum absolute atomic E-state index is 12.7. The molecule has 0 N–H and O–H groups in total. The summed E-state index contributed by atoms with van der Waals surface area (Å²) in [6.45, 7) is 0.851. The number of hydrogen-bond donors (Lipinski definition) is 0. The molecule has 0 fully saturated rings. The summed E-state index contributed by atoms with van der Waals surface area (Å²) >= 11 is 1.40. The fourth-order valence-electron chi connectivity index (χ4n) is 3.30. The molecule has 0 aliphatic carbocycles. The molecule has 4 aromatic rings. The van der Waals surface area contributed by atoms with Crippen LogP contribution in [0.5, 0.6) is 0 Å². The summed E-state index contributed by atoms with van der Waals surface area (Å²) in [5, 5.41) is 1.91. The highest BCUT2D eigenvalue weighted by atomic mass is 32.1. The standard InChI is InChI=1S/C22H18F3N3OS/c1-27(12-15-7-9-17(10-8-15)22(23,24)25)13-18-11-20(29)28-19(14-30-21(28)26-18)16-5-3-2-4-6-16/h2-11,14H,12-13H2,1H3. The molecule has 2 heterocycles. The van der Waals surface area contributed by atoms with Crippen molar-refractivity contribution in [3.05, 3.63) is 93.2 Å². The third-order valence-electron chi connectivity index (χ3n) is 4.69. The minimum atomic E-state index is -4.34. The van der Waals surface area contributed by atoms with E-state index in [1.54, 1.807) is 4.40 Å². The van der Waals surface area contributed by atoms with Gasteiger partial charge in [-0.1, -0.05) is 42.5 Å². The molecule has 0 aliphatic rings. The van der Waals surface area contributed by atoms with Crippen LogP contribution in [0.25, 0.3) is 16.2 Å². The van der Waals surface area contributed by atoms with Crippen molar-refractivity contribution in [2.75, 3.05) is 7.05 Å². The van der Waals surface area contributed by atoms with E-state index in [0.29, 0.717) is 23.7 Å². The maximum atomic E-state index is 12.7. The Labute approximate surface area is 174 Å². The molecule has 8 heteroatoms. The van der Waals surface area contributed by atoms with E-state index in [0.717, 1.165) is 29.0 Å². The lowest BCUT2D eigenvalue weighted by atomic mass is 10.1. The predicted molar refractivity (Wildman–Crippen MR) is 111 cm³/mol. The second-order valence-corrected chi connectivity index (χ2v) is 7.89. The smallest absolute Gasteiger partial charge is 0.296 e. The van der Waals surface area contributed by atoms with Gasteiger partial charge in [-0.3, -0.25) is 14.1 Å². The summed E-state index contributed by atoms with van der Waals surface area (Å²) in [5.74, 6) is 0. The van der Waals surface area contributed by atoms with E-state index < -0.39 is 11.7 Å². The van der Waals surface area contributed by atoms with E-state index in [4.69, 9.17) is 0 Å². The Balaban J connectivity index is 1.52. The third-order valence-corrected chi connectivity index (χ3v) is 5.52. The number of aromatic nitrogens is 2. The molecule has 0 aliphatic heterocycles. The van der Waals surface area contributed by atoms with Crippen LogP contribution in [-0.2, 0) is 19.3 Å². The van der Waals surface area contributed by atoms with Crippen LogP contribution in [0.3, 0.4) is 0 Å². The van der Waals surface area contributed by atoms with E-state index in [9.17, 15) is 18.0 Å². The number of nitrogens with zero attached hydrogens (tertiary/aromatic N) is 3. The summed E-state index contributed by atoms with van der Waals surface area (Å²) in [6, 6.07) is 16.3. The average molecular weight is 429 g/mol. The van der Waals surface area contributed by atoms with Crippen LogP contribution >= 0.6 is 11.3 Å². The summed E-state index contributed by atoms with van der Waals surface area (Å²) < 4.78 is 39.7. The topological polar surface area (TPSA) is 37.6 Å². The number of thiazole rings is 1. The first-order chi connectivity index (χ1) is 14.3. The zero-order valence-electron chi connectivity index (χ0n) is 16.1. The van der Waals surface area contributed by atoms with Crippen LogP contribution in [0.4, 0.5) is 13.2 Å². The van der Waals surface area contributed by atoms with Gasteiger partial charge in [-0.2, -0.15) is 13.2 Å². The van der Waals surface area contributed by atoms with Gasteiger partial charge in [0.05, 0.1) is 17.0 Å². The van der Waals surface area contributed by atoms with Crippen LogP contribution in [0.15, 0.2) is 70.8 Å². The number of alkyl halides is 3. The molecule has 0 unspecified atom stereocenters. The van der Waals surface area contributed by atoms with Crippen molar-refractivity contribution in [1.82, 2.24) is 14.3 Å². The molecule has 0 saturated carbocycles. The Morgan fingerprint density at radius 1 is 1.03 bits per heavy atom. The number of hydrogen-bond acceptors (Lipinski definition) is 4. The molecule has 154 valence electrons. The summed E-state index contributed by atoms with van der Waals surface area (Å²) in [5.41, 5.74) is 2.30. The number of fused-ring (bicyclic) bond motifs is 1. The van der Waals surface area contributed by atoms with Crippen LogP contribution in [0, 0.1) is 0 Å². The Morgan fingerprint density at radius 3 is 2.40 bits per heavy atom. The van der Waals surface area contributed by atoms with Gasteiger partial charge in [-0.15, -0.1) is 11.3 Å². The van der Waals surface area contributed by atoms with Crippen molar-refractivity contribution < 1.29 is 13.2 Å². The van der Waals surface area contributed by atoms with E-state index in [-0.39, 0.29) is 5.56 Å². The first-order valence-corrected chi connectivity index (χ1v) is 10.1. The second kappa shape index (κ2) is 8.04. The van der Waals surface area contributed by atoms with Gasteiger partial charge in [0.25, 0.3) is 5.56 Å². The molecule has 2 aromatic carbocycles. The van der Waals surface area contributed by atoms with Gasteiger partial charge >= 0.3 is 6.18 Å². The Morgan fingerprint density at radius 2 is 1.73 bits per heavy atom. The number of halogens is 3. The Kier molecular flexibility index (Phi) is 5.44. The lowest BCUT2D eigenvalue weighted by molar-refractivity contribution is -0.137. The molecule has 4 nitrogen and oxygen atoms in total. The predicted octanol–water partition coefficient (Wildman–Crippen LogP) is 5.07. The van der Waals surface area contributed by atoms with E-state index in [1.807, 2.05) is 47.7 Å². The first kappa shape index (κ1) is 20.3. The second-order valence-electron chi connectivity index (χ2n) is 7.06. The summed E-state index contributed by atoms with van der Waals surface area (Å²) in [6.07, 6.45) is -4.34. The lowest BCUT2D eigenvalue weighted by Crippen LogP contribution is -2.21. The highest BCUT2D eigenvalue weighted by Gasteiger charge is 2.29. The van der Waals surface area contributed by atoms with Gasteiger partial charge in [0, 0.05) is 24.5 Å². The largest absolute Gasteiger partial charge is 0.416 e. The van der Waals surface area contributed by atoms with Gasteiger partial charge in [-0.25, -0.2) is 4.98 Å². The van der Waals surface area contributed by atoms with E-state index in [2.05, 4.69) is 4.98 Å². The van der Waals surface area contributed by atoms with Gasteiger partial charge in [0.2, 0.25) is 0 Å². The molecule has 0 spiro atoms. The number of rotatable bonds is 5. The number of benzene rings is 2. The minimum absolute atomic E-state index is 0.155. The minimum Gasteiger partial charge on any atom is -0.296 e. The molecular weight excluding hydrogens is 411 g/mol. The van der Waals surface area contributed by atoms with E-state index in [1.165, 1.54) is 29.5 Å². The maximum Gasteiger partial charge on any atom is 0.416 e. The average Bonchev–Trinajstić information content (AvgIpc) is 3.13. The SMILES string of the molecule is CN(Cc1ccc(C(F)(F)F)cc1)Cc1cc(=O)n2c(-c3ccccc3)csc2n1. The van der Waals surface area contributed by atoms with Crippen molar-refractivity contribution in [3.8, 4) is 11.3 Å². The molecule has 4 rings (SSSR count). The fourth-order valence-corrected chi connectivity index (χ4v) is 4.22. The van der Waals surface area contributed by atoms with Crippen molar-refractivity contribution in [2.45, 2.75) is 19.3 Å². The molecule has 0 bridgehead atoms. The third kappa shape index (κ3) is 4.29. The molecule has 0 amide bonds.